The van der Waals surface area contributed by atoms with Gasteiger partial charge in [0.25, 0.3) is 5.91 Å². The van der Waals surface area contributed by atoms with Crippen LogP contribution in [0.25, 0.3) is 0 Å². The largest absolute Gasteiger partial charge is 0.335 e. The van der Waals surface area contributed by atoms with Crippen LogP contribution in [0.15, 0.2) is 47.5 Å². The summed E-state index contributed by atoms with van der Waals surface area (Å²) < 4.78 is 0. The number of hydrogen-bond acceptors (Lipinski definition) is 4. The summed E-state index contributed by atoms with van der Waals surface area (Å²) in [5, 5.41) is 2.90. The molecule has 26 heavy (non-hydrogen) atoms. The van der Waals surface area contributed by atoms with Crippen molar-refractivity contribution >= 4 is 58.6 Å². The third-order valence-corrected chi connectivity index (χ3v) is 4.37. The number of amides is 4. The minimum absolute atomic E-state index is 0.282. The monoisotopic (exact) mass is 389 g/mol. The number of aryl methyl sites for hydroxylation is 1. The zero-order chi connectivity index (χ0) is 18.8. The third kappa shape index (κ3) is 3.47. The summed E-state index contributed by atoms with van der Waals surface area (Å²) >= 11 is 11.9. The first-order valence-corrected chi connectivity index (χ1v) is 8.37. The van der Waals surface area contributed by atoms with Gasteiger partial charge in [-0.1, -0.05) is 41.4 Å². The van der Waals surface area contributed by atoms with E-state index in [4.69, 9.17) is 23.2 Å². The van der Waals surface area contributed by atoms with Crippen LogP contribution in [0, 0.1) is 12.8 Å². The summed E-state index contributed by atoms with van der Waals surface area (Å²) in [6, 6.07) is 10.8. The first-order valence-electron chi connectivity index (χ1n) is 7.62. The summed E-state index contributed by atoms with van der Waals surface area (Å²) in [7, 11) is 0. The van der Waals surface area contributed by atoms with E-state index in [9.17, 15) is 14.4 Å². The Balaban J connectivity index is 1.93. The molecule has 132 valence electrons. The number of para-hydroxylation sites is 1. The van der Waals surface area contributed by atoms with Crippen LogP contribution in [0.5, 0.6) is 0 Å². The maximum Gasteiger partial charge on any atom is 0.335 e. The van der Waals surface area contributed by atoms with E-state index in [2.05, 4.69) is 10.3 Å². The maximum absolute atomic E-state index is 12.8. The van der Waals surface area contributed by atoms with Crippen molar-refractivity contribution in [2.24, 2.45) is 10.9 Å². The quantitative estimate of drug-likeness (QED) is 0.638. The molecule has 0 aromatic heterocycles. The smallest absolute Gasteiger partial charge is 0.276 e. The van der Waals surface area contributed by atoms with Gasteiger partial charge in [0.2, 0.25) is 5.91 Å². The molecule has 3 rings (SSSR count). The molecule has 1 N–H and O–H groups in total. The summed E-state index contributed by atoms with van der Waals surface area (Å²) in [4.78, 5) is 42.1. The van der Waals surface area contributed by atoms with Gasteiger partial charge in [-0.05, 0) is 36.8 Å². The third-order valence-electron chi connectivity index (χ3n) is 3.83. The number of hydrogen-bond donors (Lipinski definition) is 1. The molecule has 1 aliphatic rings. The van der Waals surface area contributed by atoms with Crippen molar-refractivity contribution < 1.29 is 14.4 Å². The highest BCUT2D eigenvalue weighted by Crippen LogP contribution is 2.28. The molecule has 0 unspecified atom stereocenters. The topological polar surface area (TPSA) is 78.8 Å². The van der Waals surface area contributed by atoms with Crippen molar-refractivity contribution in [3.63, 3.8) is 0 Å². The lowest BCUT2D eigenvalue weighted by atomic mass is 10.0. The summed E-state index contributed by atoms with van der Waals surface area (Å²) in [5.74, 6) is -2.67. The van der Waals surface area contributed by atoms with E-state index >= 15 is 0 Å². The van der Waals surface area contributed by atoms with Gasteiger partial charge in [0.1, 0.15) is 0 Å². The lowest BCUT2D eigenvalue weighted by Crippen LogP contribution is -2.58. The molecule has 2 aromatic carbocycles. The number of carbonyl (C=O) groups excluding carboxylic acids is 3. The summed E-state index contributed by atoms with van der Waals surface area (Å²) in [6.45, 7) is 1.77. The highest BCUT2D eigenvalue weighted by molar-refractivity contribution is 6.36. The van der Waals surface area contributed by atoms with Crippen LogP contribution in [0.3, 0.4) is 0 Å². The molecule has 0 spiro atoms. The number of carbonyl (C=O) groups is 3. The van der Waals surface area contributed by atoms with Crippen LogP contribution in [-0.4, -0.2) is 24.1 Å². The molecule has 4 amide bonds. The average Bonchev–Trinajstić information content (AvgIpc) is 2.57. The Morgan fingerprint density at radius 2 is 1.85 bits per heavy atom. The van der Waals surface area contributed by atoms with Crippen LogP contribution < -0.4 is 10.2 Å². The Bertz CT molecular complexity index is 943. The zero-order valence-corrected chi connectivity index (χ0v) is 15.1. The molecule has 2 aromatic rings. The highest BCUT2D eigenvalue weighted by atomic mass is 35.5. The second kappa shape index (κ2) is 7.27. The van der Waals surface area contributed by atoms with Crippen LogP contribution in [0.4, 0.5) is 16.2 Å². The molecule has 6 nitrogen and oxygen atoms in total. The minimum atomic E-state index is -1.25. The molecule has 1 aliphatic heterocycles. The van der Waals surface area contributed by atoms with Crippen LogP contribution in [0.2, 0.25) is 10.0 Å². The van der Waals surface area contributed by atoms with Crippen molar-refractivity contribution in [3.8, 4) is 0 Å². The first kappa shape index (κ1) is 18.1. The molecular weight excluding hydrogens is 377 g/mol. The minimum Gasteiger partial charge on any atom is -0.276 e. The van der Waals surface area contributed by atoms with Gasteiger partial charge in [0.05, 0.1) is 16.4 Å². The molecule has 1 fully saturated rings. The number of barbiturate groups is 1. The van der Waals surface area contributed by atoms with Gasteiger partial charge in [-0.15, -0.1) is 0 Å². The fourth-order valence-electron chi connectivity index (χ4n) is 2.51. The molecule has 0 radical (unpaired) electrons. The fourth-order valence-corrected chi connectivity index (χ4v) is 2.96. The lowest BCUT2D eigenvalue weighted by Gasteiger charge is -2.29. The summed E-state index contributed by atoms with van der Waals surface area (Å²) in [5.41, 5.74) is 1.49. The van der Waals surface area contributed by atoms with Crippen LogP contribution in [0.1, 0.15) is 5.56 Å². The first-order chi connectivity index (χ1) is 12.4. The molecule has 0 saturated carbocycles. The van der Waals surface area contributed by atoms with E-state index in [0.29, 0.717) is 16.4 Å². The Morgan fingerprint density at radius 1 is 1.12 bits per heavy atom. The van der Waals surface area contributed by atoms with Crippen molar-refractivity contribution in [3.05, 3.63) is 58.1 Å². The molecule has 0 aliphatic carbocycles. The number of aliphatic imine (C=N–C) groups is 1. The molecule has 1 heterocycles. The van der Waals surface area contributed by atoms with Gasteiger partial charge in [0, 0.05) is 11.2 Å². The number of nitrogens with zero attached hydrogens (tertiary/aromatic N) is 2. The number of benzene rings is 2. The molecule has 1 atom stereocenters. The van der Waals surface area contributed by atoms with E-state index in [0.717, 1.165) is 10.5 Å². The fraction of sp³-hybridized carbons (Fsp3) is 0.111. The van der Waals surface area contributed by atoms with Crippen molar-refractivity contribution in [2.75, 3.05) is 4.90 Å². The maximum atomic E-state index is 12.8. The molecular formula is C18H13Cl2N3O3. The Labute approximate surface area is 159 Å². The number of urea groups is 1. The molecule has 0 bridgehead atoms. The second-order valence-corrected chi connectivity index (χ2v) is 6.45. The lowest BCUT2D eigenvalue weighted by molar-refractivity contribution is -0.131. The predicted octanol–water partition coefficient (Wildman–Crippen LogP) is 3.90. The zero-order valence-electron chi connectivity index (χ0n) is 13.6. The van der Waals surface area contributed by atoms with Crippen LogP contribution >= 0.6 is 23.2 Å². The number of nitrogens with one attached hydrogen (secondary N) is 1. The van der Waals surface area contributed by atoms with E-state index in [1.54, 1.807) is 43.3 Å². The standard InChI is InChI=1S/C18H13Cl2N3O3/c1-10-4-2-3-5-15(10)23-17(25)12(16(24)22-18(23)26)9-21-14-7-6-11(19)8-13(14)20/h2-9,12H,1H3,(H,22,24,26)/t12-/m1/s1. The van der Waals surface area contributed by atoms with Crippen molar-refractivity contribution in [1.29, 1.82) is 0 Å². The Morgan fingerprint density at radius 3 is 2.54 bits per heavy atom. The summed E-state index contributed by atoms with van der Waals surface area (Å²) in [6.07, 6.45) is 1.17. The van der Waals surface area contributed by atoms with Gasteiger partial charge in [0.15, 0.2) is 5.92 Å². The van der Waals surface area contributed by atoms with Gasteiger partial charge in [-0.25, -0.2) is 9.69 Å². The Kier molecular flexibility index (Phi) is 5.06. The van der Waals surface area contributed by atoms with E-state index < -0.39 is 23.8 Å². The van der Waals surface area contributed by atoms with E-state index in [-0.39, 0.29) is 5.02 Å². The van der Waals surface area contributed by atoms with Gasteiger partial charge in [-0.2, -0.15) is 0 Å². The Hall–Kier alpha value is -2.70. The van der Waals surface area contributed by atoms with Gasteiger partial charge in [-0.3, -0.25) is 19.9 Å². The van der Waals surface area contributed by atoms with Crippen molar-refractivity contribution in [2.45, 2.75) is 6.92 Å². The van der Waals surface area contributed by atoms with E-state index in [1.165, 1.54) is 12.3 Å². The van der Waals surface area contributed by atoms with Gasteiger partial charge < -0.3 is 0 Å². The predicted molar refractivity (Wildman–Crippen MR) is 100 cm³/mol. The number of anilines is 1. The number of rotatable bonds is 3. The normalized spacial score (nSPS) is 17.7. The van der Waals surface area contributed by atoms with Crippen LogP contribution in [-0.2, 0) is 9.59 Å². The highest BCUT2D eigenvalue weighted by Gasteiger charge is 2.40. The second-order valence-electron chi connectivity index (χ2n) is 5.61. The SMILES string of the molecule is Cc1ccccc1N1C(=O)NC(=O)[C@@H](C=Nc2ccc(Cl)cc2Cl)C1=O. The number of imide groups is 2. The van der Waals surface area contributed by atoms with E-state index in [1.807, 2.05) is 0 Å². The average molecular weight is 390 g/mol. The molecule has 8 heteroatoms. The number of halogens is 2. The molecule has 1 saturated heterocycles. The van der Waals surface area contributed by atoms with Gasteiger partial charge >= 0.3 is 6.03 Å². The van der Waals surface area contributed by atoms with Crippen molar-refractivity contribution in [1.82, 2.24) is 5.32 Å².